The number of carboxylic acids is 1. The van der Waals surface area contributed by atoms with Crippen LogP contribution in [0, 0.1) is 0 Å². The van der Waals surface area contributed by atoms with E-state index in [0.717, 1.165) is 12.8 Å². The molecule has 0 rings (SSSR count). The topological polar surface area (TPSA) is 46.5 Å². The van der Waals surface area contributed by atoms with Crippen LogP contribution in [0.4, 0.5) is 0 Å². The number of carboxylic acid groups (broad SMARTS) is 1. The quantitative estimate of drug-likeness (QED) is 0.353. The predicted octanol–water partition coefficient (Wildman–Crippen LogP) is 5.99. The van der Waals surface area contributed by atoms with Crippen molar-refractivity contribution >= 4 is 14.3 Å². The Balaban J connectivity index is 4.22. The molecule has 3 nitrogen and oxygen atoms in total. The van der Waals surface area contributed by atoms with Gasteiger partial charge in [0.1, 0.15) is 0 Å². The first-order chi connectivity index (χ1) is 10.1. The molecule has 0 heterocycles. The number of hydrogen-bond acceptors (Lipinski definition) is 2. The number of hydrogen-bond donors (Lipinski definition) is 1. The highest BCUT2D eigenvalue weighted by Crippen LogP contribution is 2.38. The van der Waals surface area contributed by atoms with Crippen molar-refractivity contribution in [2.24, 2.45) is 0 Å². The van der Waals surface area contributed by atoms with Crippen molar-refractivity contribution in [1.82, 2.24) is 0 Å². The highest BCUT2D eigenvalue weighted by atomic mass is 28.4. The third-order valence-electron chi connectivity index (χ3n) is 4.80. The number of carbonyl (C=O) groups is 1. The van der Waals surface area contributed by atoms with Gasteiger partial charge in [-0.05, 0) is 24.6 Å². The summed E-state index contributed by atoms with van der Waals surface area (Å²) in [6.07, 6.45) is 9.69. The Morgan fingerprint density at radius 2 is 1.55 bits per heavy atom. The fourth-order valence-electron chi connectivity index (χ4n) is 2.32. The Hall–Kier alpha value is -0.353. The van der Waals surface area contributed by atoms with Gasteiger partial charge in [0.05, 0.1) is 12.5 Å². The van der Waals surface area contributed by atoms with Crippen LogP contribution in [0.2, 0.25) is 18.1 Å². The van der Waals surface area contributed by atoms with E-state index in [0.29, 0.717) is 0 Å². The molecule has 1 N–H and O–H groups in total. The van der Waals surface area contributed by atoms with Crippen molar-refractivity contribution in [2.45, 2.75) is 110 Å². The summed E-state index contributed by atoms with van der Waals surface area (Å²) in [5.41, 5.74) is 0. The number of aliphatic carboxylic acids is 1. The Kier molecular flexibility index (Phi) is 10.3. The second-order valence-electron chi connectivity index (χ2n) is 8.01. The largest absolute Gasteiger partial charge is 0.481 e. The summed E-state index contributed by atoms with van der Waals surface area (Å²) in [6, 6.07) is 0. The van der Waals surface area contributed by atoms with Gasteiger partial charge in [0.15, 0.2) is 8.32 Å². The smallest absolute Gasteiger partial charge is 0.305 e. The minimum absolute atomic E-state index is 0.117. The van der Waals surface area contributed by atoms with Crippen molar-refractivity contribution in [3.63, 3.8) is 0 Å². The molecule has 22 heavy (non-hydrogen) atoms. The molecule has 0 fully saturated rings. The second-order valence-corrected chi connectivity index (χ2v) is 12.8. The average molecular weight is 331 g/mol. The lowest BCUT2D eigenvalue weighted by molar-refractivity contribution is -0.139. The summed E-state index contributed by atoms with van der Waals surface area (Å²) in [4.78, 5) is 11.1. The van der Waals surface area contributed by atoms with Gasteiger partial charge in [0, 0.05) is 0 Å². The maximum atomic E-state index is 11.1. The van der Waals surface area contributed by atoms with E-state index in [1.807, 2.05) is 0 Å². The monoisotopic (exact) mass is 330 g/mol. The van der Waals surface area contributed by atoms with E-state index in [-0.39, 0.29) is 17.6 Å². The third-order valence-corrected chi connectivity index (χ3v) is 9.33. The van der Waals surface area contributed by atoms with Crippen LogP contribution < -0.4 is 0 Å². The molecule has 0 aromatic heterocycles. The molecule has 0 radical (unpaired) electrons. The SMILES string of the molecule is CCCCCCCCC[C@H](CC(=O)O)O[Si](C)(C)C(C)(C)C. The van der Waals surface area contributed by atoms with Crippen molar-refractivity contribution in [1.29, 1.82) is 0 Å². The first-order valence-corrected chi connectivity index (χ1v) is 11.9. The van der Waals surface area contributed by atoms with E-state index >= 15 is 0 Å². The molecule has 0 spiro atoms. The zero-order valence-electron chi connectivity index (χ0n) is 15.7. The first kappa shape index (κ1) is 21.6. The fourth-order valence-corrected chi connectivity index (χ4v) is 3.71. The molecule has 0 amide bonds. The van der Waals surface area contributed by atoms with Crippen LogP contribution >= 0.6 is 0 Å². The van der Waals surface area contributed by atoms with Crippen LogP contribution in [-0.2, 0) is 9.22 Å². The normalized spacial score (nSPS) is 14.1. The Morgan fingerprint density at radius 1 is 1.05 bits per heavy atom. The fraction of sp³-hybridized carbons (Fsp3) is 0.944. The standard InChI is InChI=1S/C18H38O3Si/c1-7-8-9-10-11-12-13-14-16(15-17(19)20)21-22(5,6)18(2,3)4/h16H,7-15H2,1-6H3,(H,19,20)/t16-/m1/s1. The maximum absolute atomic E-state index is 11.1. The first-order valence-electron chi connectivity index (χ1n) is 8.99. The van der Waals surface area contributed by atoms with E-state index < -0.39 is 14.3 Å². The molecule has 4 heteroatoms. The second kappa shape index (κ2) is 10.4. The van der Waals surface area contributed by atoms with Gasteiger partial charge >= 0.3 is 5.97 Å². The van der Waals surface area contributed by atoms with Crippen LogP contribution in [0.1, 0.15) is 85.5 Å². The summed E-state index contributed by atoms with van der Waals surface area (Å²) < 4.78 is 6.32. The molecule has 0 saturated heterocycles. The Labute approximate surface area is 139 Å². The lowest BCUT2D eigenvalue weighted by Crippen LogP contribution is -2.44. The predicted molar refractivity (Wildman–Crippen MR) is 96.9 cm³/mol. The summed E-state index contributed by atoms with van der Waals surface area (Å²) in [5, 5.41) is 9.25. The average Bonchev–Trinajstić information content (AvgIpc) is 2.35. The molecular weight excluding hydrogens is 292 g/mol. The van der Waals surface area contributed by atoms with Crippen molar-refractivity contribution in [2.75, 3.05) is 0 Å². The molecule has 0 aliphatic rings. The lowest BCUT2D eigenvalue weighted by atomic mass is 10.1. The maximum Gasteiger partial charge on any atom is 0.305 e. The van der Waals surface area contributed by atoms with Gasteiger partial charge in [-0.15, -0.1) is 0 Å². The minimum atomic E-state index is -1.88. The van der Waals surface area contributed by atoms with Gasteiger partial charge in [0.25, 0.3) is 0 Å². The molecule has 0 aliphatic heterocycles. The van der Waals surface area contributed by atoms with Gasteiger partial charge in [-0.25, -0.2) is 0 Å². The minimum Gasteiger partial charge on any atom is -0.481 e. The van der Waals surface area contributed by atoms with Gasteiger partial charge < -0.3 is 9.53 Å². The van der Waals surface area contributed by atoms with E-state index in [2.05, 4.69) is 40.8 Å². The van der Waals surface area contributed by atoms with Crippen LogP contribution in [0.5, 0.6) is 0 Å². The highest BCUT2D eigenvalue weighted by molar-refractivity contribution is 6.74. The van der Waals surface area contributed by atoms with E-state index in [4.69, 9.17) is 9.53 Å². The van der Waals surface area contributed by atoms with Gasteiger partial charge in [-0.2, -0.15) is 0 Å². The molecule has 1 atom stereocenters. The molecule has 0 unspecified atom stereocenters. The molecule has 0 saturated carbocycles. The summed E-state index contributed by atoms with van der Waals surface area (Å²) in [7, 11) is -1.88. The van der Waals surface area contributed by atoms with E-state index in [1.165, 1.54) is 38.5 Å². The van der Waals surface area contributed by atoms with Crippen molar-refractivity contribution in [3.05, 3.63) is 0 Å². The lowest BCUT2D eigenvalue weighted by Gasteiger charge is -2.39. The Bertz CT molecular complexity index is 308. The molecule has 0 aliphatic carbocycles. The van der Waals surface area contributed by atoms with Crippen LogP contribution in [0.3, 0.4) is 0 Å². The summed E-state index contributed by atoms with van der Waals surface area (Å²) >= 11 is 0. The molecule has 0 bridgehead atoms. The highest BCUT2D eigenvalue weighted by Gasteiger charge is 2.39. The van der Waals surface area contributed by atoms with E-state index in [9.17, 15) is 4.79 Å². The molecule has 0 aromatic rings. The van der Waals surface area contributed by atoms with E-state index in [1.54, 1.807) is 0 Å². The Morgan fingerprint density at radius 3 is 2.00 bits per heavy atom. The molecule has 132 valence electrons. The van der Waals surface area contributed by atoms with Gasteiger partial charge in [0.2, 0.25) is 0 Å². The summed E-state index contributed by atoms with van der Waals surface area (Å²) in [5.74, 6) is -0.744. The van der Waals surface area contributed by atoms with Gasteiger partial charge in [-0.3, -0.25) is 4.79 Å². The van der Waals surface area contributed by atoms with Crippen LogP contribution in [0.25, 0.3) is 0 Å². The van der Waals surface area contributed by atoms with Crippen molar-refractivity contribution < 1.29 is 14.3 Å². The zero-order valence-corrected chi connectivity index (χ0v) is 16.7. The summed E-state index contributed by atoms with van der Waals surface area (Å²) in [6.45, 7) is 13.2. The third kappa shape index (κ3) is 9.62. The van der Waals surface area contributed by atoms with Crippen LogP contribution in [0.15, 0.2) is 0 Å². The molecule has 0 aromatic carbocycles. The van der Waals surface area contributed by atoms with Gasteiger partial charge in [-0.1, -0.05) is 72.6 Å². The van der Waals surface area contributed by atoms with Crippen LogP contribution in [-0.4, -0.2) is 25.5 Å². The van der Waals surface area contributed by atoms with Crippen molar-refractivity contribution in [3.8, 4) is 0 Å². The number of unbranched alkanes of at least 4 members (excludes halogenated alkanes) is 6. The molecular formula is C18H38O3Si. The number of rotatable bonds is 12. The zero-order chi connectivity index (χ0) is 17.2.